The summed E-state index contributed by atoms with van der Waals surface area (Å²) in [4.78, 5) is 4.20. The van der Waals surface area contributed by atoms with Crippen LogP contribution < -0.4 is 14.8 Å². The number of aliphatic hydroxyl groups is 1. The summed E-state index contributed by atoms with van der Waals surface area (Å²) in [5, 5.41) is 17.8. The van der Waals surface area contributed by atoms with E-state index in [1.165, 1.54) is 12.1 Å². The number of nitrogens with zero attached hydrogens (tertiary/aromatic N) is 3. The highest BCUT2D eigenvalue weighted by Gasteiger charge is 2.43. The van der Waals surface area contributed by atoms with Crippen LogP contribution in [0.15, 0.2) is 42.6 Å². The molecule has 0 aliphatic carbocycles. The van der Waals surface area contributed by atoms with Gasteiger partial charge in [-0.1, -0.05) is 6.92 Å². The van der Waals surface area contributed by atoms with Crippen LogP contribution in [-0.2, 0) is 6.42 Å². The molecule has 0 saturated carbocycles. The van der Waals surface area contributed by atoms with Gasteiger partial charge in [-0.2, -0.15) is 0 Å². The van der Waals surface area contributed by atoms with Crippen LogP contribution in [-0.4, -0.2) is 32.3 Å². The standard InChI is InChI=1S/C20H20F2N4O3/c1-3-16(27)10-15-11-19(25-26(15)14-6-7-23-12(2)8-14)24-13-4-5-17-18(9-13)29-20(21,22)28-17/h4-9,11,16,27H,3,10H2,1-2H3,(H,24,25)/t16-/m0/s1. The monoisotopic (exact) mass is 402 g/mol. The van der Waals surface area contributed by atoms with Crippen LogP contribution in [0.2, 0.25) is 0 Å². The van der Waals surface area contributed by atoms with Gasteiger partial charge in [0.05, 0.1) is 11.8 Å². The van der Waals surface area contributed by atoms with Crippen molar-refractivity contribution in [3.05, 3.63) is 54.0 Å². The lowest BCUT2D eigenvalue weighted by Crippen LogP contribution is -2.25. The summed E-state index contributed by atoms with van der Waals surface area (Å²) in [6.07, 6.45) is -1.45. The summed E-state index contributed by atoms with van der Waals surface area (Å²) < 4.78 is 37.1. The molecule has 2 N–H and O–H groups in total. The molecule has 0 bridgehead atoms. The highest BCUT2D eigenvalue weighted by atomic mass is 19.3. The van der Waals surface area contributed by atoms with Crippen molar-refractivity contribution in [3.8, 4) is 17.2 Å². The van der Waals surface area contributed by atoms with Gasteiger partial charge in [-0.3, -0.25) is 4.98 Å². The van der Waals surface area contributed by atoms with Crippen LogP contribution >= 0.6 is 0 Å². The number of hydrogen-bond donors (Lipinski definition) is 2. The van der Waals surface area contributed by atoms with Crippen molar-refractivity contribution in [1.82, 2.24) is 14.8 Å². The molecule has 1 aliphatic heterocycles. The van der Waals surface area contributed by atoms with Crippen LogP contribution in [0.4, 0.5) is 20.3 Å². The van der Waals surface area contributed by atoms with E-state index in [4.69, 9.17) is 0 Å². The molecule has 0 radical (unpaired) electrons. The summed E-state index contributed by atoms with van der Waals surface area (Å²) in [6, 6.07) is 9.96. The molecular formula is C20H20F2N4O3. The van der Waals surface area contributed by atoms with E-state index in [9.17, 15) is 13.9 Å². The Morgan fingerprint density at radius 1 is 1.17 bits per heavy atom. The van der Waals surface area contributed by atoms with Crippen LogP contribution in [0.1, 0.15) is 24.7 Å². The molecule has 29 heavy (non-hydrogen) atoms. The summed E-state index contributed by atoms with van der Waals surface area (Å²) in [5.74, 6) is 0.430. The Kier molecular flexibility index (Phi) is 4.83. The topological polar surface area (TPSA) is 81.4 Å². The Morgan fingerprint density at radius 3 is 2.72 bits per heavy atom. The molecule has 152 valence electrons. The first-order valence-corrected chi connectivity index (χ1v) is 9.20. The fraction of sp³-hybridized carbons (Fsp3) is 0.300. The number of rotatable bonds is 6. The van der Waals surface area contributed by atoms with E-state index in [1.807, 2.05) is 32.0 Å². The molecule has 1 aromatic carbocycles. The number of alkyl halides is 2. The van der Waals surface area contributed by atoms with Crippen molar-refractivity contribution in [2.24, 2.45) is 0 Å². The number of benzene rings is 1. The number of aliphatic hydroxyl groups excluding tert-OH is 1. The summed E-state index contributed by atoms with van der Waals surface area (Å²) in [7, 11) is 0. The van der Waals surface area contributed by atoms with E-state index >= 15 is 0 Å². The van der Waals surface area contributed by atoms with Crippen molar-refractivity contribution >= 4 is 11.5 Å². The van der Waals surface area contributed by atoms with Gasteiger partial charge in [0.15, 0.2) is 17.3 Å². The minimum Gasteiger partial charge on any atom is -0.395 e. The van der Waals surface area contributed by atoms with Gasteiger partial charge in [0.1, 0.15) is 0 Å². The zero-order valence-corrected chi connectivity index (χ0v) is 15.9. The lowest BCUT2D eigenvalue weighted by Gasteiger charge is -2.10. The molecular weight excluding hydrogens is 382 g/mol. The maximum Gasteiger partial charge on any atom is 0.586 e. The molecule has 2 aromatic heterocycles. The van der Waals surface area contributed by atoms with Crippen molar-refractivity contribution in [2.75, 3.05) is 5.32 Å². The van der Waals surface area contributed by atoms with Gasteiger partial charge in [-0.15, -0.1) is 13.9 Å². The molecule has 4 rings (SSSR count). The predicted octanol–water partition coefficient (Wildman–Crippen LogP) is 3.95. The molecule has 0 amide bonds. The number of halogens is 2. The first-order chi connectivity index (χ1) is 13.8. The van der Waals surface area contributed by atoms with E-state index in [0.29, 0.717) is 24.3 Å². The number of fused-ring (bicyclic) bond motifs is 1. The normalized spacial score (nSPS) is 15.3. The number of hydrogen-bond acceptors (Lipinski definition) is 6. The molecule has 3 heterocycles. The Hall–Kier alpha value is -3.20. The Labute approximate surface area is 165 Å². The minimum atomic E-state index is -3.66. The quantitative estimate of drug-likeness (QED) is 0.650. The lowest BCUT2D eigenvalue weighted by atomic mass is 10.1. The molecule has 3 aromatic rings. The van der Waals surface area contributed by atoms with E-state index in [0.717, 1.165) is 17.1 Å². The molecule has 7 nitrogen and oxygen atoms in total. The maximum absolute atomic E-state index is 13.2. The van der Waals surface area contributed by atoms with Crippen LogP contribution in [0.5, 0.6) is 11.5 Å². The number of aryl methyl sites for hydroxylation is 1. The van der Waals surface area contributed by atoms with Crippen LogP contribution in [0, 0.1) is 6.92 Å². The molecule has 0 fully saturated rings. The summed E-state index contributed by atoms with van der Waals surface area (Å²) in [6.45, 7) is 3.79. The summed E-state index contributed by atoms with van der Waals surface area (Å²) >= 11 is 0. The Balaban J connectivity index is 1.64. The van der Waals surface area contributed by atoms with Gasteiger partial charge < -0.3 is 19.9 Å². The maximum atomic E-state index is 13.2. The van der Waals surface area contributed by atoms with Crippen LogP contribution in [0.3, 0.4) is 0 Å². The number of nitrogens with one attached hydrogen (secondary N) is 1. The number of pyridine rings is 1. The van der Waals surface area contributed by atoms with Crippen molar-refractivity contribution < 1.29 is 23.4 Å². The Morgan fingerprint density at radius 2 is 1.97 bits per heavy atom. The number of ether oxygens (including phenoxy) is 2. The molecule has 0 spiro atoms. The second kappa shape index (κ2) is 7.32. The second-order valence-electron chi connectivity index (χ2n) is 6.81. The van der Waals surface area contributed by atoms with E-state index < -0.39 is 12.4 Å². The fourth-order valence-corrected chi connectivity index (χ4v) is 3.07. The predicted molar refractivity (Wildman–Crippen MR) is 102 cm³/mol. The number of anilines is 2. The van der Waals surface area contributed by atoms with E-state index in [2.05, 4.69) is 24.9 Å². The zero-order chi connectivity index (χ0) is 20.6. The van der Waals surface area contributed by atoms with Gasteiger partial charge in [0.2, 0.25) is 0 Å². The largest absolute Gasteiger partial charge is 0.586 e. The minimum absolute atomic E-state index is 0.0231. The zero-order valence-electron chi connectivity index (χ0n) is 15.9. The molecule has 1 atom stereocenters. The van der Waals surface area contributed by atoms with Crippen LogP contribution in [0.25, 0.3) is 5.69 Å². The average molecular weight is 402 g/mol. The lowest BCUT2D eigenvalue weighted by molar-refractivity contribution is -0.286. The number of aromatic nitrogens is 3. The third-order valence-corrected chi connectivity index (χ3v) is 4.50. The second-order valence-corrected chi connectivity index (χ2v) is 6.81. The highest BCUT2D eigenvalue weighted by molar-refractivity contribution is 5.62. The smallest absolute Gasteiger partial charge is 0.395 e. The van der Waals surface area contributed by atoms with Gasteiger partial charge in [0, 0.05) is 41.8 Å². The van der Waals surface area contributed by atoms with Crippen molar-refractivity contribution in [2.45, 2.75) is 39.1 Å². The average Bonchev–Trinajstić information content (AvgIpc) is 3.19. The first-order valence-electron chi connectivity index (χ1n) is 9.20. The van der Waals surface area contributed by atoms with Crippen molar-refractivity contribution in [1.29, 1.82) is 0 Å². The third kappa shape index (κ3) is 4.14. The molecule has 1 aliphatic rings. The van der Waals surface area contributed by atoms with Gasteiger partial charge >= 0.3 is 6.29 Å². The van der Waals surface area contributed by atoms with E-state index in [-0.39, 0.29) is 11.5 Å². The Bertz CT molecular complexity index is 1040. The molecule has 0 unspecified atom stereocenters. The van der Waals surface area contributed by atoms with E-state index in [1.54, 1.807) is 16.9 Å². The SMILES string of the molecule is CC[C@H](O)Cc1cc(Nc2ccc3c(c2)OC(F)(F)O3)nn1-c1ccnc(C)c1. The first kappa shape index (κ1) is 19.1. The van der Waals surface area contributed by atoms with Gasteiger partial charge in [0.25, 0.3) is 0 Å². The third-order valence-electron chi connectivity index (χ3n) is 4.50. The summed E-state index contributed by atoms with van der Waals surface area (Å²) in [5.41, 5.74) is 2.98. The van der Waals surface area contributed by atoms with Gasteiger partial charge in [-0.05, 0) is 37.6 Å². The highest BCUT2D eigenvalue weighted by Crippen LogP contribution is 2.42. The fourth-order valence-electron chi connectivity index (χ4n) is 3.07. The molecule has 9 heteroatoms. The van der Waals surface area contributed by atoms with Gasteiger partial charge in [-0.25, -0.2) is 4.68 Å². The van der Waals surface area contributed by atoms with Crippen molar-refractivity contribution in [3.63, 3.8) is 0 Å². The molecule has 0 saturated heterocycles.